The molecule has 0 saturated heterocycles. The van der Waals surface area contributed by atoms with E-state index >= 15 is 0 Å². The Hall–Kier alpha value is -0.980. The van der Waals surface area contributed by atoms with Gasteiger partial charge in [0.05, 0.1) is 15.7 Å². The summed E-state index contributed by atoms with van der Waals surface area (Å²) >= 11 is 15.1. The number of urea groups is 1. The zero-order valence-corrected chi connectivity index (χ0v) is 12.8. The topological polar surface area (TPSA) is 78.4 Å². The van der Waals surface area contributed by atoms with Gasteiger partial charge in [-0.25, -0.2) is 4.79 Å². The Morgan fingerprint density at radius 1 is 1.26 bits per heavy atom. The lowest BCUT2D eigenvalue weighted by molar-refractivity contribution is -0.137. The molecule has 0 aliphatic rings. The predicted molar refractivity (Wildman–Crippen MR) is 78.1 cm³/mol. The monoisotopic (exact) mass is 368 g/mol. The number of rotatable bonds is 5. The molecular formula is C11H11BrCl2N2O3. The Morgan fingerprint density at radius 3 is 2.58 bits per heavy atom. The normalized spacial score (nSPS) is 10.1. The van der Waals surface area contributed by atoms with E-state index in [4.69, 9.17) is 28.3 Å². The van der Waals surface area contributed by atoms with Gasteiger partial charge in [0, 0.05) is 17.4 Å². The minimum Gasteiger partial charge on any atom is -0.481 e. The van der Waals surface area contributed by atoms with Crippen LogP contribution in [0.3, 0.4) is 0 Å². The third-order valence-corrected chi connectivity index (χ3v) is 3.91. The SMILES string of the molecule is O=C(O)CCCNC(=O)Nc1ccc(Br)c(Cl)c1Cl. The zero-order valence-electron chi connectivity index (χ0n) is 9.67. The Bertz CT molecular complexity index is 497. The number of hydrogen-bond acceptors (Lipinski definition) is 2. The lowest BCUT2D eigenvalue weighted by Crippen LogP contribution is -2.29. The average Bonchev–Trinajstić information content (AvgIpc) is 2.35. The van der Waals surface area contributed by atoms with Gasteiger partial charge in [0.2, 0.25) is 0 Å². The number of amides is 2. The lowest BCUT2D eigenvalue weighted by Gasteiger charge is -2.10. The fourth-order valence-electron chi connectivity index (χ4n) is 1.23. The molecule has 0 unspecified atom stereocenters. The highest BCUT2D eigenvalue weighted by Crippen LogP contribution is 2.35. The minimum absolute atomic E-state index is 0.00511. The van der Waals surface area contributed by atoms with Crippen LogP contribution in [0.4, 0.5) is 10.5 Å². The molecular weight excluding hydrogens is 359 g/mol. The highest BCUT2D eigenvalue weighted by Gasteiger charge is 2.10. The van der Waals surface area contributed by atoms with Crippen LogP contribution in [0.25, 0.3) is 0 Å². The summed E-state index contributed by atoms with van der Waals surface area (Å²) in [6.45, 7) is 0.264. The van der Waals surface area contributed by atoms with Gasteiger partial charge in [0.25, 0.3) is 0 Å². The number of carboxylic acid groups (broad SMARTS) is 1. The molecule has 1 aromatic rings. The molecule has 19 heavy (non-hydrogen) atoms. The number of anilines is 1. The number of halogens is 3. The largest absolute Gasteiger partial charge is 0.481 e. The van der Waals surface area contributed by atoms with Crippen LogP contribution in [-0.2, 0) is 4.79 Å². The fraction of sp³-hybridized carbons (Fsp3) is 0.273. The molecule has 0 radical (unpaired) electrons. The van der Waals surface area contributed by atoms with E-state index in [-0.39, 0.29) is 18.0 Å². The molecule has 0 atom stereocenters. The van der Waals surface area contributed by atoms with E-state index in [0.29, 0.717) is 21.6 Å². The van der Waals surface area contributed by atoms with E-state index in [1.54, 1.807) is 12.1 Å². The summed E-state index contributed by atoms with van der Waals surface area (Å²) in [6.07, 6.45) is 0.364. The van der Waals surface area contributed by atoms with Crippen LogP contribution in [0.5, 0.6) is 0 Å². The van der Waals surface area contributed by atoms with Gasteiger partial charge in [-0.3, -0.25) is 4.79 Å². The standard InChI is InChI=1S/C11H11BrCl2N2O3/c12-6-3-4-7(10(14)9(6)13)16-11(19)15-5-1-2-8(17)18/h3-4H,1-2,5H2,(H,17,18)(H2,15,16,19). The predicted octanol–water partition coefficient (Wildman–Crippen LogP) is 3.74. The van der Waals surface area contributed by atoms with Crippen LogP contribution in [0.1, 0.15) is 12.8 Å². The number of benzene rings is 1. The summed E-state index contributed by atoms with van der Waals surface area (Å²) in [4.78, 5) is 21.8. The van der Waals surface area contributed by atoms with Gasteiger partial charge < -0.3 is 15.7 Å². The molecule has 104 valence electrons. The van der Waals surface area contributed by atoms with Crippen LogP contribution in [0.2, 0.25) is 10.0 Å². The second-order valence-electron chi connectivity index (χ2n) is 3.60. The van der Waals surface area contributed by atoms with Crippen molar-refractivity contribution in [2.45, 2.75) is 12.8 Å². The number of carbonyl (C=O) groups excluding carboxylic acids is 1. The highest BCUT2D eigenvalue weighted by molar-refractivity contribution is 9.10. The molecule has 0 aliphatic carbocycles. The molecule has 8 heteroatoms. The van der Waals surface area contributed by atoms with E-state index in [1.807, 2.05) is 0 Å². The minimum atomic E-state index is -0.898. The summed E-state index contributed by atoms with van der Waals surface area (Å²) in [5, 5.41) is 14.0. The van der Waals surface area contributed by atoms with E-state index in [1.165, 1.54) is 0 Å². The molecule has 0 bridgehead atoms. The molecule has 0 saturated carbocycles. The van der Waals surface area contributed by atoms with E-state index in [0.717, 1.165) is 0 Å². The van der Waals surface area contributed by atoms with Crippen molar-refractivity contribution < 1.29 is 14.7 Å². The van der Waals surface area contributed by atoms with Crippen LogP contribution >= 0.6 is 39.1 Å². The molecule has 0 fully saturated rings. The van der Waals surface area contributed by atoms with Crippen molar-refractivity contribution in [3.05, 3.63) is 26.7 Å². The van der Waals surface area contributed by atoms with Gasteiger partial charge in [0.1, 0.15) is 0 Å². The fourth-order valence-corrected chi connectivity index (χ4v) is 2.05. The molecule has 1 rings (SSSR count). The van der Waals surface area contributed by atoms with E-state index in [9.17, 15) is 9.59 Å². The zero-order chi connectivity index (χ0) is 14.4. The first-order valence-corrected chi connectivity index (χ1v) is 6.87. The van der Waals surface area contributed by atoms with Gasteiger partial charge in [0.15, 0.2) is 0 Å². The maximum atomic E-state index is 11.5. The van der Waals surface area contributed by atoms with Gasteiger partial charge in [-0.05, 0) is 34.5 Å². The summed E-state index contributed by atoms with van der Waals surface area (Å²) in [7, 11) is 0. The maximum Gasteiger partial charge on any atom is 0.319 e. The molecule has 0 spiro atoms. The molecule has 1 aromatic carbocycles. The van der Waals surface area contributed by atoms with Crippen molar-refractivity contribution in [2.75, 3.05) is 11.9 Å². The average molecular weight is 370 g/mol. The highest BCUT2D eigenvalue weighted by atomic mass is 79.9. The Labute approximate surface area is 128 Å². The molecule has 5 nitrogen and oxygen atoms in total. The number of aliphatic carboxylic acids is 1. The summed E-state index contributed by atoms with van der Waals surface area (Å²) in [5.41, 5.74) is 0.380. The quantitative estimate of drug-likeness (QED) is 0.546. The number of carboxylic acids is 1. The molecule has 2 amide bonds. The Balaban J connectivity index is 2.49. The van der Waals surface area contributed by atoms with Crippen LogP contribution in [0, 0.1) is 0 Å². The van der Waals surface area contributed by atoms with Gasteiger partial charge in [-0.2, -0.15) is 0 Å². The summed E-state index contributed by atoms with van der Waals surface area (Å²) in [5.74, 6) is -0.898. The van der Waals surface area contributed by atoms with Crippen molar-refractivity contribution in [1.82, 2.24) is 5.32 Å². The first-order chi connectivity index (χ1) is 8.91. The van der Waals surface area contributed by atoms with Gasteiger partial charge >= 0.3 is 12.0 Å². The Morgan fingerprint density at radius 2 is 1.95 bits per heavy atom. The third kappa shape index (κ3) is 5.26. The number of nitrogens with one attached hydrogen (secondary N) is 2. The molecule has 3 N–H and O–H groups in total. The first kappa shape index (κ1) is 16.1. The van der Waals surface area contributed by atoms with E-state index < -0.39 is 12.0 Å². The van der Waals surface area contributed by atoms with Gasteiger partial charge in [-0.1, -0.05) is 23.2 Å². The number of carbonyl (C=O) groups is 2. The van der Waals surface area contributed by atoms with Crippen molar-refractivity contribution in [3.63, 3.8) is 0 Å². The number of hydrogen-bond donors (Lipinski definition) is 3. The lowest BCUT2D eigenvalue weighted by atomic mass is 10.3. The van der Waals surface area contributed by atoms with Crippen molar-refractivity contribution >= 4 is 56.8 Å². The van der Waals surface area contributed by atoms with Crippen molar-refractivity contribution in [2.24, 2.45) is 0 Å². The second-order valence-corrected chi connectivity index (χ2v) is 5.21. The summed E-state index contributed by atoms with van der Waals surface area (Å²) in [6, 6.07) is 2.80. The van der Waals surface area contributed by atoms with Crippen molar-refractivity contribution in [1.29, 1.82) is 0 Å². The van der Waals surface area contributed by atoms with Crippen LogP contribution in [0.15, 0.2) is 16.6 Å². The van der Waals surface area contributed by atoms with Crippen molar-refractivity contribution in [3.8, 4) is 0 Å². The third-order valence-electron chi connectivity index (χ3n) is 2.14. The molecule has 0 aromatic heterocycles. The summed E-state index contributed by atoms with van der Waals surface area (Å²) < 4.78 is 0.631. The second kappa shape index (κ2) is 7.57. The van der Waals surface area contributed by atoms with Gasteiger partial charge in [-0.15, -0.1) is 0 Å². The first-order valence-electron chi connectivity index (χ1n) is 5.32. The van der Waals surface area contributed by atoms with Crippen LogP contribution < -0.4 is 10.6 Å². The van der Waals surface area contributed by atoms with E-state index in [2.05, 4.69) is 26.6 Å². The van der Waals surface area contributed by atoms with Crippen LogP contribution in [-0.4, -0.2) is 23.7 Å². The Kier molecular flexibility index (Phi) is 6.41. The molecule has 0 heterocycles. The maximum absolute atomic E-state index is 11.5. The smallest absolute Gasteiger partial charge is 0.319 e. The molecule has 0 aliphatic heterocycles.